The number of nitrogens with zero attached hydrogens (tertiary/aromatic N) is 2. The molecule has 0 fully saturated rings. The Kier molecular flexibility index (Phi) is 8.42. The van der Waals surface area contributed by atoms with Crippen molar-refractivity contribution in [3.05, 3.63) is 100.0 Å². The molecule has 0 saturated carbocycles. The predicted molar refractivity (Wildman–Crippen MR) is 147 cm³/mol. The molecule has 3 aromatic carbocycles. The van der Waals surface area contributed by atoms with Crippen molar-refractivity contribution in [1.29, 1.82) is 0 Å². The lowest BCUT2D eigenvalue weighted by Crippen LogP contribution is -2.46. The van der Waals surface area contributed by atoms with Gasteiger partial charge in [-0.1, -0.05) is 49.4 Å². The van der Waals surface area contributed by atoms with Crippen molar-refractivity contribution in [2.45, 2.75) is 51.2 Å². The predicted octanol–water partition coefficient (Wildman–Crippen LogP) is 6.37. The first-order valence-electron chi connectivity index (χ1n) is 12.2. The molecular formula is C29H31FN2O3S2. The highest BCUT2D eigenvalue weighted by Gasteiger charge is 2.32. The van der Waals surface area contributed by atoms with E-state index < -0.39 is 10.0 Å². The Morgan fingerprint density at radius 1 is 0.973 bits per heavy atom. The highest BCUT2D eigenvalue weighted by Crippen LogP contribution is 2.25. The summed E-state index contributed by atoms with van der Waals surface area (Å²) in [6.45, 7) is 6.03. The molecule has 0 aliphatic rings. The van der Waals surface area contributed by atoms with Gasteiger partial charge in [0, 0.05) is 17.5 Å². The van der Waals surface area contributed by atoms with Crippen molar-refractivity contribution >= 4 is 38.0 Å². The van der Waals surface area contributed by atoms with Crippen LogP contribution >= 0.6 is 11.3 Å². The number of fused-ring (bicyclic) bond motifs is 1. The summed E-state index contributed by atoms with van der Waals surface area (Å²) in [4.78, 5) is 16.6. The van der Waals surface area contributed by atoms with Gasteiger partial charge in [-0.05, 0) is 77.9 Å². The van der Waals surface area contributed by atoms with Gasteiger partial charge in [-0.3, -0.25) is 4.79 Å². The molecular weight excluding hydrogens is 507 g/mol. The maximum Gasteiger partial charge on any atom is 0.243 e. The fourth-order valence-electron chi connectivity index (χ4n) is 4.16. The summed E-state index contributed by atoms with van der Waals surface area (Å²) < 4.78 is 42.4. The van der Waals surface area contributed by atoms with Crippen LogP contribution in [0.3, 0.4) is 0 Å². The van der Waals surface area contributed by atoms with E-state index in [1.54, 1.807) is 46.6 Å². The van der Waals surface area contributed by atoms with Crippen molar-refractivity contribution in [1.82, 2.24) is 9.21 Å². The number of rotatable bonds is 10. The van der Waals surface area contributed by atoms with Gasteiger partial charge in [-0.15, -0.1) is 11.3 Å². The molecule has 4 rings (SSSR count). The summed E-state index contributed by atoms with van der Waals surface area (Å²) in [7, 11) is -3.94. The zero-order valence-electron chi connectivity index (χ0n) is 21.2. The first-order chi connectivity index (χ1) is 17.7. The van der Waals surface area contributed by atoms with E-state index in [-0.39, 0.29) is 35.8 Å². The first kappa shape index (κ1) is 27.0. The van der Waals surface area contributed by atoms with E-state index in [1.165, 1.54) is 16.4 Å². The van der Waals surface area contributed by atoms with Crippen LogP contribution in [-0.2, 0) is 27.9 Å². The molecule has 4 aromatic rings. The topological polar surface area (TPSA) is 57.7 Å². The lowest BCUT2D eigenvalue weighted by atomic mass is 10.1. The zero-order valence-corrected chi connectivity index (χ0v) is 22.9. The van der Waals surface area contributed by atoms with Crippen LogP contribution in [0.2, 0.25) is 0 Å². The quantitative estimate of drug-likeness (QED) is 0.236. The highest BCUT2D eigenvalue weighted by molar-refractivity contribution is 7.89. The number of amides is 1. The van der Waals surface area contributed by atoms with Crippen LogP contribution in [0.1, 0.15) is 36.3 Å². The molecule has 0 aliphatic carbocycles. The number of hydrogen-bond donors (Lipinski definition) is 0. The van der Waals surface area contributed by atoms with Crippen molar-refractivity contribution in [3.63, 3.8) is 0 Å². The molecule has 8 heteroatoms. The van der Waals surface area contributed by atoms with Gasteiger partial charge >= 0.3 is 0 Å². The monoisotopic (exact) mass is 538 g/mol. The minimum atomic E-state index is -3.94. The summed E-state index contributed by atoms with van der Waals surface area (Å²) >= 11 is 1.56. The molecule has 0 bridgehead atoms. The van der Waals surface area contributed by atoms with Crippen LogP contribution in [0.25, 0.3) is 10.8 Å². The Balaban J connectivity index is 1.65. The number of halogens is 1. The molecule has 0 spiro atoms. The van der Waals surface area contributed by atoms with Crippen molar-refractivity contribution in [3.8, 4) is 0 Å². The lowest BCUT2D eigenvalue weighted by molar-refractivity contribution is -0.133. The van der Waals surface area contributed by atoms with Crippen LogP contribution in [0.4, 0.5) is 4.39 Å². The fourth-order valence-corrected chi connectivity index (χ4v) is 6.77. The minimum Gasteiger partial charge on any atom is -0.332 e. The molecule has 0 radical (unpaired) electrons. The van der Waals surface area contributed by atoms with Gasteiger partial charge in [-0.25, -0.2) is 12.8 Å². The molecule has 37 heavy (non-hydrogen) atoms. The van der Waals surface area contributed by atoms with Gasteiger partial charge < -0.3 is 4.90 Å². The Bertz CT molecular complexity index is 1480. The summed E-state index contributed by atoms with van der Waals surface area (Å²) in [5, 5.41) is 3.75. The third-order valence-corrected chi connectivity index (χ3v) is 9.61. The second kappa shape index (κ2) is 11.5. The van der Waals surface area contributed by atoms with Crippen LogP contribution in [0, 0.1) is 12.7 Å². The van der Waals surface area contributed by atoms with Crippen LogP contribution < -0.4 is 0 Å². The van der Waals surface area contributed by atoms with Crippen LogP contribution in [-0.4, -0.2) is 36.1 Å². The van der Waals surface area contributed by atoms with Crippen molar-refractivity contribution in [2.75, 3.05) is 6.54 Å². The Hall–Kier alpha value is -3.07. The normalized spacial score (nSPS) is 12.7. The molecule has 1 unspecified atom stereocenters. The van der Waals surface area contributed by atoms with E-state index in [0.717, 1.165) is 26.8 Å². The molecule has 0 aliphatic heterocycles. The SMILES string of the molecule is CCC(C)N(CC(=O)N(Cc1ccc(F)cc1)Cc1sccc1C)S(=O)(=O)c1ccc2ccccc2c1. The van der Waals surface area contributed by atoms with Crippen LogP contribution in [0.15, 0.2) is 83.1 Å². The molecule has 1 atom stereocenters. The van der Waals surface area contributed by atoms with E-state index >= 15 is 0 Å². The second-order valence-corrected chi connectivity index (χ2v) is 12.1. The number of benzene rings is 3. The van der Waals surface area contributed by atoms with E-state index in [2.05, 4.69) is 0 Å². The maximum absolute atomic E-state index is 13.8. The highest BCUT2D eigenvalue weighted by atomic mass is 32.2. The summed E-state index contributed by atoms with van der Waals surface area (Å²) in [6, 6.07) is 20.3. The standard InChI is InChI=1S/C29H31FN2O3S2/c1-4-22(3)32(37(34,35)27-14-11-24-7-5-6-8-25(24)17-27)20-29(33)31(19-28-21(2)15-16-36-28)18-23-9-12-26(30)13-10-23/h5-17,22H,4,18-20H2,1-3H3. The Labute approximate surface area is 222 Å². The van der Waals surface area contributed by atoms with E-state index in [1.807, 2.05) is 56.5 Å². The smallest absolute Gasteiger partial charge is 0.243 e. The van der Waals surface area contributed by atoms with Gasteiger partial charge in [0.15, 0.2) is 0 Å². The van der Waals surface area contributed by atoms with Gasteiger partial charge in [0.25, 0.3) is 0 Å². The number of thiophene rings is 1. The molecule has 194 valence electrons. The third-order valence-electron chi connectivity index (χ3n) is 6.64. The molecule has 0 saturated heterocycles. The zero-order chi connectivity index (χ0) is 26.6. The van der Waals surface area contributed by atoms with E-state index in [9.17, 15) is 17.6 Å². The van der Waals surface area contributed by atoms with Crippen molar-refractivity contribution < 1.29 is 17.6 Å². The second-order valence-electron chi connectivity index (χ2n) is 9.22. The van der Waals surface area contributed by atoms with Gasteiger partial charge in [0.05, 0.1) is 18.0 Å². The Morgan fingerprint density at radius 3 is 2.32 bits per heavy atom. The summed E-state index contributed by atoms with van der Waals surface area (Å²) in [5.74, 6) is -0.651. The summed E-state index contributed by atoms with van der Waals surface area (Å²) in [6.07, 6.45) is 0.558. The van der Waals surface area contributed by atoms with Crippen molar-refractivity contribution in [2.24, 2.45) is 0 Å². The average molecular weight is 539 g/mol. The number of carbonyl (C=O) groups is 1. The van der Waals surface area contributed by atoms with E-state index in [4.69, 9.17) is 0 Å². The van der Waals surface area contributed by atoms with Gasteiger partial charge in [0.1, 0.15) is 5.82 Å². The van der Waals surface area contributed by atoms with E-state index in [0.29, 0.717) is 13.0 Å². The Morgan fingerprint density at radius 2 is 1.68 bits per heavy atom. The molecule has 1 aromatic heterocycles. The first-order valence-corrected chi connectivity index (χ1v) is 14.6. The maximum atomic E-state index is 13.8. The summed E-state index contributed by atoms with van der Waals surface area (Å²) in [5.41, 5.74) is 1.85. The number of hydrogen-bond acceptors (Lipinski definition) is 4. The third kappa shape index (κ3) is 6.26. The minimum absolute atomic E-state index is 0.165. The number of carbonyl (C=O) groups excluding carboxylic acids is 1. The van der Waals surface area contributed by atoms with Gasteiger partial charge in [-0.2, -0.15) is 4.31 Å². The fraction of sp³-hybridized carbons (Fsp3) is 0.276. The largest absolute Gasteiger partial charge is 0.332 e. The molecule has 5 nitrogen and oxygen atoms in total. The van der Waals surface area contributed by atoms with Gasteiger partial charge in [0.2, 0.25) is 15.9 Å². The number of aryl methyl sites for hydroxylation is 1. The van der Waals surface area contributed by atoms with Crippen LogP contribution in [0.5, 0.6) is 0 Å². The number of sulfonamides is 1. The molecule has 1 amide bonds. The lowest BCUT2D eigenvalue weighted by Gasteiger charge is -2.30. The average Bonchev–Trinajstić information content (AvgIpc) is 3.31. The molecule has 1 heterocycles. The molecule has 0 N–H and O–H groups in total.